The Bertz CT molecular complexity index is 454. The Balaban J connectivity index is 2.24. The van der Waals surface area contributed by atoms with Crippen LogP contribution < -0.4 is 16.6 Å². The van der Waals surface area contributed by atoms with Gasteiger partial charge >= 0.3 is 5.69 Å². The van der Waals surface area contributed by atoms with Gasteiger partial charge in [0.25, 0.3) is 5.56 Å². The van der Waals surface area contributed by atoms with Crippen LogP contribution in [0.15, 0.2) is 15.8 Å². The number of nitrogens with one attached hydrogen (secondary N) is 2. The standard InChI is InChI=1S/C10H15N3O2/c1-7-5-13(10(15)12-9(7)14)6-8-3-2-4-11-8/h5,8,11H,2-4,6H2,1H3,(H,12,14,15)/t8-/m1/s1. The monoisotopic (exact) mass is 209 g/mol. The van der Waals surface area contributed by atoms with Crippen molar-refractivity contribution in [3.8, 4) is 0 Å². The Morgan fingerprint density at radius 1 is 1.53 bits per heavy atom. The van der Waals surface area contributed by atoms with E-state index in [1.165, 1.54) is 0 Å². The van der Waals surface area contributed by atoms with E-state index in [-0.39, 0.29) is 11.2 Å². The molecule has 5 nitrogen and oxygen atoms in total. The van der Waals surface area contributed by atoms with Gasteiger partial charge in [-0.25, -0.2) is 4.79 Å². The molecule has 0 spiro atoms. The molecule has 0 bridgehead atoms. The quantitative estimate of drug-likeness (QED) is 0.696. The van der Waals surface area contributed by atoms with E-state index in [1.807, 2.05) is 0 Å². The van der Waals surface area contributed by atoms with Crippen molar-refractivity contribution in [1.82, 2.24) is 14.9 Å². The van der Waals surface area contributed by atoms with Crippen molar-refractivity contribution in [2.24, 2.45) is 0 Å². The molecule has 0 saturated carbocycles. The van der Waals surface area contributed by atoms with Gasteiger partial charge in [-0.05, 0) is 26.3 Å². The summed E-state index contributed by atoms with van der Waals surface area (Å²) in [6.45, 7) is 3.36. The molecule has 0 radical (unpaired) electrons. The van der Waals surface area contributed by atoms with Gasteiger partial charge in [-0.2, -0.15) is 0 Å². The highest BCUT2D eigenvalue weighted by molar-refractivity contribution is 5.01. The second kappa shape index (κ2) is 4.02. The molecule has 1 aromatic rings. The summed E-state index contributed by atoms with van der Waals surface area (Å²) in [4.78, 5) is 24.9. The van der Waals surface area contributed by atoms with E-state index in [0.29, 0.717) is 18.2 Å². The van der Waals surface area contributed by atoms with Crippen LogP contribution in [0.3, 0.4) is 0 Å². The maximum Gasteiger partial charge on any atom is 0.328 e. The smallest absolute Gasteiger partial charge is 0.312 e. The maximum atomic E-state index is 11.5. The van der Waals surface area contributed by atoms with Gasteiger partial charge in [-0.3, -0.25) is 14.3 Å². The fraction of sp³-hybridized carbons (Fsp3) is 0.600. The van der Waals surface area contributed by atoms with Gasteiger partial charge in [0.05, 0.1) is 0 Å². The van der Waals surface area contributed by atoms with Crippen LogP contribution in [0.4, 0.5) is 0 Å². The largest absolute Gasteiger partial charge is 0.328 e. The van der Waals surface area contributed by atoms with E-state index in [4.69, 9.17) is 0 Å². The molecule has 1 fully saturated rings. The fourth-order valence-corrected chi connectivity index (χ4v) is 1.90. The minimum absolute atomic E-state index is 0.296. The van der Waals surface area contributed by atoms with Gasteiger partial charge in [0, 0.05) is 24.3 Å². The SMILES string of the molecule is Cc1cn(C[C@H]2CCCN2)c(=O)[nH]c1=O. The third-order valence-electron chi connectivity index (χ3n) is 2.77. The van der Waals surface area contributed by atoms with Crippen molar-refractivity contribution >= 4 is 0 Å². The van der Waals surface area contributed by atoms with Gasteiger partial charge < -0.3 is 5.32 Å². The Kier molecular flexibility index (Phi) is 2.73. The lowest BCUT2D eigenvalue weighted by Gasteiger charge is -2.12. The summed E-state index contributed by atoms with van der Waals surface area (Å²) in [7, 11) is 0. The highest BCUT2D eigenvalue weighted by Crippen LogP contribution is 2.05. The zero-order valence-electron chi connectivity index (χ0n) is 8.75. The first kappa shape index (κ1) is 10.2. The van der Waals surface area contributed by atoms with Crippen LogP contribution in [-0.4, -0.2) is 22.1 Å². The highest BCUT2D eigenvalue weighted by atomic mass is 16.2. The molecule has 1 aliphatic heterocycles. The average molecular weight is 209 g/mol. The Hall–Kier alpha value is -1.36. The third kappa shape index (κ3) is 2.18. The Labute approximate surface area is 87.1 Å². The molecule has 1 aromatic heterocycles. The molecule has 0 unspecified atom stereocenters. The van der Waals surface area contributed by atoms with Crippen molar-refractivity contribution in [3.05, 3.63) is 32.6 Å². The van der Waals surface area contributed by atoms with Gasteiger partial charge in [0.1, 0.15) is 0 Å². The Morgan fingerprint density at radius 2 is 2.33 bits per heavy atom. The third-order valence-corrected chi connectivity index (χ3v) is 2.77. The molecule has 0 amide bonds. The van der Waals surface area contributed by atoms with E-state index >= 15 is 0 Å². The lowest BCUT2D eigenvalue weighted by molar-refractivity contribution is 0.491. The van der Waals surface area contributed by atoms with Crippen LogP contribution in [-0.2, 0) is 6.54 Å². The maximum absolute atomic E-state index is 11.5. The molecule has 2 N–H and O–H groups in total. The zero-order valence-corrected chi connectivity index (χ0v) is 8.75. The summed E-state index contributed by atoms with van der Waals surface area (Å²) in [5, 5.41) is 3.31. The number of aryl methyl sites for hydroxylation is 1. The number of hydrogen-bond donors (Lipinski definition) is 2. The summed E-state index contributed by atoms with van der Waals surface area (Å²) < 4.78 is 1.57. The number of aromatic amines is 1. The summed E-state index contributed by atoms with van der Waals surface area (Å²) >= 11 is 0. The Morgan fingerprint density at radius 3 is 3.00 bits per heavy atom. The molecule has 1 saturated heterocycles. The van der Waals surface area contributed by atoms with E-state index in [9.17, 15) is 9.59 Å². The summed E-state index contributed by atoms with van der Waals surface area (Å²) in [5.74, 6) is 0. The first-order chi connectivity index (χ1) is 7.16. The van der Waals surface area contributed by atoms with Crippen LogP contribution in [0.5, 0.6) is 0 Å². The molecule has 1 aliphatic rings. The molecule has 0 aliphatic carbocycles. The predicted octanol–water partition coefficient (Wildman–Crippen LogP) is -0.403. The van der Waals surface area contributed by atoms with Gasteiger partial charge in [-0.15, -0.1) is 0 Å². The van der Waals surface area contributed by atoms with Crippen molar-refractivity contribution in [3.63, 3.8) is 0 Å². The molecule has 1 atom stereocenters. The molecule has 2 heterocycles. The lowest BCUT2D eigenvalue weighted by atomic mass is 10.2. The second-order valence-corrected chi connectivity index (χ2v) is 4.02. The fourth-order valence-electron chi connectivity index (χ4n) is 1.90. The molecular weight excluding hydrogens is 194 g/mol. The predicted molar refractivity (Wildman–Crippen MR) is 57.1 cm³/mol. The molecule has 15 heavy (non-hydrogen) atoms. The molecule has 0 aromatic carbocycles. The van der Waals surface area contributed by atoms with Crippen molar-refractivity contribution in [2.45, 2.75) is 32.4 Å². The summed E-state index contributed by atoms with van der Waals surface area (Å²) in [6, 6.07) is 0.355. The number of H-pyrrole nitrogens is 1. The first-order valence-corrected chi connectivity index (χ1v) is 5.20. The highest BCUT2D eigenvalue weighted by Gasteiger charge is 2.15. The second-order valence-electron chi connectivity index (χ2n) is 4.02. The van der Waals surface area contributed by atoms with Gasteiger partial charge in [-0.1, -0.05) is 0 Å². The van der Waals surface area contributed by atoms with Crippen molar-refractivity contribution in [2.75, 3.05) is 6.54 Å². The minimum Gasteiger partial charge on any atom is -0.312 e. The first-order valence-electron chi connectivity index (χ1n) is 5.20. The van der Waals surface area contributed by atoms with Gasteiger partial charge in [0.2, 0.25) is 0 Å². The zero-order chi connectivity index (χ0) is 10.8. The average Bonchev–Trinajstić information content (AvgIpc) is 2.67. The lowest BCUT2D eigenvalue weighted by Crippen LogP contribution is -2.36. The molecule has 2 rings (SSSR count). The number of hydrogen-bond acceptors (Lipinski definition) is 3. The number of aromatic nitrogens is 2. The van der Waals surface area contributed by atoms with Crippen LogP contribution in [0.1, 0.15) is 18.4 Å². The normalized spacial score (nSPS) is 20.7. The van der Waals surface area contributed by atoms with Crippen LogP contribution in [0.2, 0.25) is 0 Å². The van der Waals surface area contributed by atoms with E-state index in [1.54, 1.807) is 17.7 Å². The summed E-state index contributed by atoms with van der Waals surface area (Å²) in [5.41, 5.74) is -0.0393. The van der Waals surface area contributed by atoms with Crippen LogP contribution >= 0.6 is 0 Å². The molecule has 5 heteroatoms. The van der Waals surface area contributed by atoms with Crippen LogP contribution in [0.25, 0.3) is 0 Å². The topological polar surface area (TPSA) is 66.9 Å². The van der Waals surface area contributed by atoms with Crippen molar-refractivity contribution < 1.29 is 0 Å². The van der Waals surface area contributed by atoms with Crippen molar-refractivity contribution in [1.29, 1.82) is 0 Å². The van der Waals surface area contributed by atoms with Crippen LogP contribution in [0, 0.1) is 6.92 Å². The van der Waals surface area contributed by atoms with E-state index in [0.717, 1.165) is 19.4 Å². The van der Waals surface area contributed by atoms with E-state index in [2.05, 4.69) is 10.3 Å². The number of rotatable bonds is 2. The van der Waals surface area contributed by atoms with E-state index < -0.39 is 0 Å². The number of nitrogens with zero attached hydrogens (tertiary/aromatic N) is 1. The molecule has 82 valence electrons. The summed E-state index contributed by atoms with van der Waals surface area (Å²) in [6.07, 6.45) is 3.87. The molecular formula is C10H15N3O2. The minimum atomic E-state index is -0.320. The van der Waals surface area contributed by atoms with Gasteiger partial charge in [0.15, 0.2) is 0 Å².